The van der Waals surface area contributed by atoms with Crippen LogP contribution in [0.5, 0.6) is 0 Å². The predicted octanol–water partition coefficient (Wildman–Crippen LogP) is 4.87. The van der Waals surface area contributed by atoms with Gasteiger partial charge in [0.15, 0.2) is 0 Å². The summed E-state index contributed by atoms with van der Waals surface area (Å²) in [6.45, 7) is 8.33. The van der Waals surface area contributed by atoms with Gasteiger partial charge < -0.3 is 10.4 Å². The van der Waals surface area contributed by atoms with Crippen molar-refractivity contribution in [2.45, 2.75) is 39.7 Å². The van der Waals surface area contributed by atoms with E-state index in [1.165, 1.54) is 0 Å². The molecule has 2 aromatic heterocycles. The average molecular weight is 457 g/mol. The molecule has 0 aliphatic heterocycles. The van der Waals surface area contributed by atoms with Crippen molar-refractivity contribution in [1.82, 2.24) is 20.1 Å². The number of nitrogens with one attached hydrogen (secondary N) is 1. The summed E-state index contributed by atoms with van der Waals surface area (Å²) in [4.78, 5) is 28.8. The third-order valence-electron chi connectivity index (χ3n) is 6.08. The highest BCUT2D eigenvalue weighted by atomic mass is 16.4. The lowest BCUT2D eigenvalue weighted by molar-refractivity contribution is 0.0696. The Morgan fingerprint density at radius 1 is 1.06 bits per heavy atom. The number of amides is 1. The number of fused-ring (bicyclic) bond motifs is 1. The first-order valence-corrected chi connectivity index (χ1v) is 11.1. The van der Waals surface area contributed by atoms with Gasteiger partial charge in [-0.3, -0.25) is 14.5 Å². The number of hydrogen-bond acceptors (Lipinski definition) is 4. The van der Waals surface area contributed by atoms with Crippen molar-refractivity contribution in [2.75, 3.05) is 0 Å². The summed E-state index contributed by atoms with van der Waals surface area (Å²) in [6, 6.07) is 13.0. The van der Waals surface area contributed by atoms with Gasteiger partial charge in [-0.05, 0) is 52.8 Å². The number of aromatic carboxylic acids is 1. The van der Waals surface area contributed by atoms with Crippen molar-refractivity contribution < 1.29 is 14.7 Å². The quantitative estimate of drug-likeness (QED) is 0.447. The molecule has 0 aliphatic carbocycles. The van der Waals surface area contributed by atoms with Crippen LogP contribution in [0.25, 0.3) is 21.9 Å². The summed E-state index contributed by atoms with van der Waals surface area (Å²) in [5.41, 5.74) is 4.91. The zero-order valence-corrected chi connectivity index (χ0v) is 20.0. The number of nitrogens with zero attached hydrogens (tertiary/aromatic N) is 3. The fraction of sp³-hybridized carbons (Fsp3) is 0.259. The molecule has 0 fully saturated rings. The average Bonchev–Trinajstić information content (AvgIpc) is 3.19. The molecule has 2 heterocycles. The van der Waals surface area contributed by atoms with Gasteiger partial charge in [0.1, 0.15) is 5.69 Å². The van der Waals surface area contributed by atoms with Crippen LogP contribution in [0.3, 0.4) is 0 Å². The van der Waals surface area contributed by atoms with E-state index < -0.39 is 5.97 Å². The van der Waals surface area contributed by atoms with Gasteiger partial charge in [-0.1, -0.05) is 45.0 Å². The van der Waals surface area contributed by atoms with Crippen LogP contribution in [0.15, 0.2) is 54.9 Å². The van der Waals surface area contributed by atoms with E-state index in [1.54, 1.807) is 36.3 Å². The minimum atomic E-state index is -0.950. The Morgan fingerprint density at radius 2 is 1.82 bits per heavy atom. The van der Waals surface area contributed by atoms with Gasteiger partial charge in [-0.2, -0.15) is 5.10 Å². The lowest BCUT2D eigenvalue weighted by Crippen LogP contribution is -2.25. The van der Waals surface area contributed by atoms with Crippen LogP contribution in [0.2, 0.25) is 0 Å². The fourth-order valence-corrected chi connectivity index (χ4v) is 4.11. The first kappa shape index (κ1) is 23.2. The molecule has 1 amide bonds. The molecule has 7 heteroatoms. The van der Waals surface area contributed by atoms with Gasteiger partial charge in [-0.25, -0.2) is 4.79 Å². The second kappa shape index (κ2) is 8.74. The molecular weight excluding hydrogens is 428 g/mol. The molecular formula is C27H28N4O3. The number of carbonyl (C=O) groups is 2. The first-order chi connectivity index (χ1) is 16.1. The van der Waals surface area contributed by atoms with Crippen molar-refractivity contribution in [3.8, 4) is 11.1 Å². The lowest BCUT2D eigenvalue weighted by Gasteiger charge is -2.15. The molecule has 0 saturated heterocycles. The zero-order chi connectivity index (χ0) is 24.6. The van der Waals surface area contributed by atoms with E-state index >= 15 is 0 Å². The monoisotopic (exact) mass is 456 g/mol. The summed E-state index contributed by atoms with van der Waals surface area (Å²) in [6.07, 6.45) is 3.49. The molecule has 0 bridgehead atoms. The standard InChI is InChI=1S/C27H28N4O3/c1-16-18(7-6-8-19(16)26(33)34)20-10-9-17(22-15-28-12-11-21(20)22)14-29-25(32)23-13-24(27(2,3)4)30-31(23)5/h6-13,15H,14H2,1-5H3,(H,29,32)(H,33,34). The summed E-state index contributed by atoms with van der Waals surface area (Å²) in [7, 11) is 1.77. The number of carbonyl (C=O) groups excluding carboxylic acids is 1. The minimum absolute atomic E-state index is 0.149. The number of rotatable bonds is 5. The van der Waals surface area contributed by atoms with E-state index in [9.17, 15) is 14.7 Å². The second-order valence-corrected chi connectivity index (χ2v) is 9.45. The van der Waals surface area contributed by atoms with E-state index in [4.69, 9.17) is 0 Å². The first-order valence-electron chi connectivity index (χ1n) is 11.1. The number of aryl methyl sites for hydroxylation is 1. The number of benzene rings is 2. The summed E-state index contributed by atoms with van der Waals surface area (Å²) in [5.74, 6) is -1.15. The Kier molecular flexibility index (Phi) is 5.96. The van der Waals surface area contributed by atoms with Crippen molar-refractivity contribution in [3.63, 3.8) is 0 Å². The van der Waals surface area contributed by atoms with Crippen LogP contribution >= 0.6 is 0 Å². The van der Waals surface area contributed by atoms with Crippen molar-refractivity contribution in [3.05, 3.63) is 82.9 Å². The van der Waals surface area contributed by atoms with E-state index in [1.807, 2.05) is 37.3 Å². The number of hydrogen-bond donors (Lipinski definition) is 2. The fourth-order valence-electron chi connectivity index (χ4n) is 4.11. The maximum absolute atomic E-state index is 12.9. The Hall–Kier alpha value is -4.00. The normalized spacial score (nSPS) is 11.6. The van der Waals surface area contributed by atoms with Crippen molar-refractivity contribution in [2.24, 2.45) is 7.05 Å². The van der Waals surface area contributed by atoms with Crippen LogP contribution < -0.4 is 5.32 Å². The highest BCUT2D eigenvalue weighted by Gasteiger charge is 2.22. The minimum Gasteiger partial charge on any atom is -0.478 e. The summed E-state index contributed by atoms with van der Waals surface area (Å²) in [5, 5.41) is 18.9. The van der Waals surface area contributed by atoms with Crippen LogP contribution in [-0.4, -0.2) is 31.7 Å². The maximum atomic E-state index is 12.9. The molecule has 2 aromatic carbocycles. The topological polar surface area (TPSA) is 97.1 Å². The van der Waals surface area contributed by atoms with Crippen LogP contribution in [0.1, 0.15) is 58.4 Å². The largest absolute Gasteiger partial charge is 0.478 e. The Balaban J connectivity index is 1.67. The molecule has 4 aromatic rings. The van der Waals surface area contributed by atoms with Gasteiger partial charge in [0.05, 0.1) is 11.3 Å². The van der Waals surface area contributed by atoms with Crippen molar-refractivity contribution in [1.29, 1.82) is 0 Å². The molecule has 0 saturated carbocycles. The van der Waals surface area contributed by atoms with Crippen LogP contribution in [0.4, 0.5) is 0 Å². The van der Waals surface area contributed by atoms with Crippen LogP contribution in [0, 0.1) is 6.92 Å². The maximum Gasteiger partial charge on any atom is 0.335 e. The highest BCUT2D eigenvalue weighted by molar-refractivity contribution is 6.01. The van der Waals surface area contributed by atoms with Gasteiger partial charge in [-0.15, -0.1) is 0 Å². The van der Waals surface area contributed by atoms with Gasteiger partial charge in [0, 0.05) is 36.8 Å². The van der Waals surface area contributed by atoms with Crippen LogP contribution in [-0.2, 0) is 19.0 Å². The third-order valence-corrected chi connectivity index (χ3v) is 6.08. The molecule has 7 nitrogen and oxygen atoms in total. The molecule has 0 atom stereocenters. The molecule has 2 N–H and O–H groups in total. The SMILES string of the molecule is Cc1c(C(=O)O)cccc1-c1ccc(CNC(=O)c2cc(C(C)(C)C)nn2C)c2cnccc12. The van der Waals surface area contributed by atoms with E-state index in [2.05, 4.69) is 36.2 Å². The smallest absolute Gasteiger partial charge is 0.335 e. The molecule has 174 valence electrons. The molecule has 0 unspecified atom stereocenters. The predicted molar refractivity (Wildman–Crippen MR) is 132 cm³/mol. The molecule has 0 radical (unpaired) electrons. The van der Waals surface area contributed by atoms with Gasteiger partial charge in [0.25, 0.3) is 5.91 Å². The molecule has 0 spiro atoms. The van der Waals surface area contributed by atoms with Crippen molar-refractivity contribution >= 4 is 22.6 Å². The van der Waals surface area contributed by atoms with E-state index in [0.717, 1.165) is 33.2 Å². The highest BCUT2D eigenvalue weighted by Crippen LogP contribution is 2.33. The molecule has 0 aliphatic rings. The number of pyridine rings is 1. The summed E-state index contributed by atoms with van der Waals surface area (Å²) >= 11 is 0. The number of carboxylic acid groups (broad SMARTS) is 1. The Bertz CT molecular complexity index is 1410. The molecule has 34 heavy (non-hydrogen) atoms. The van der Waals surface area contributed by atoms with Gasteiger partial charge in [0.2, 0.25) is 0 Å². The second-order valence-electron chi connectivity index (χ2n) is 9.45. The number of aromatic nitrogens is 3. The van der Waals surface area contributed by atoms with Gasteiger partial charge >= 0.3 is 5.97 Å². The molecule has 4 rings (SSSR count). The Labute approximate surface area is 198 Å². The summed E-state index contributed by atoms with van der Waals surface area (Å²) < 4.78 is 1.61. The lowest BCUT2D eigenvalue weighted by atomic mass is 9.91. The van der Waals surface area contributed by atoms with E-state index in [0.29, 0.717) is 17.8 Å². The number of carboxylic acids is 1. The van der Waals surface area contributed by atoms with E-state index in [-0.39, 0.29) is 16.9 Å². The Morgan fingerprint density at radius 3 is 2.50 bits per heavy atom. The third kappa shape index (κ3) is 4.29. The zero-order valence-electron chi connectivity index (χ0n) is 20.0.